The van der Waals surface area contributed by atoms with Crippen LogP contribution in [0.4, 0.5) is 88.5 Å². The van der Waals surface area contributed by atoms with E-state index in [1.807, 2.05) is 61.3 Å². The topological polar surface area (TPSA) is 502 Å². The first-order chi connectivity index (χ1) is 53.9. The number of alkyl halides is 6. The van der Waals surface area contributed by atoms with Crippen molar-refractivity contribution in [1.29, 1.82) is 0 Å². The number of benzene rings is 6. The predicted molar refractivity (Wildman–Crippen MR) is 427 cm³/mol. The van der Waals surface area contributed by atoms with Gasteiger partial charge in [0.1, 0.15) is 69.4 Å². The molecule has 0 aliphatic heterocycles. The Labute approximate surface area is 656 Å². The number of nitrogens with zero attached hydrogens (tertiary/aromatic N) is 19. The van der Waals surface area contributed by atoms with Crippen molar-refractivity contribution >= 4 is 149 Å². The average molecular weight is 1680 g/mol. The van der Waals surface area contributed by atoms with Gasteiger partial charge in [0.05, 0.1) is 48.2 Å². The van der Waals surface area contributed by atoms with Crippen LogP contribution in [0.15, 0.2) is 176 Å². The second kappa shape index (κ2) is 36.4. The van der Waals surface area contributed by atoms with Gasteiger partial charge in [-0.1, -0.05) is 48.5 Å². The molecular formula is C72H70BF6IN26O8. The number of hydrogen-bond acceptors (Lipinski definition) is 26. The molecule has 42 heteroatoms. The van der Waals surface area contributed by atoms with Gasteiger partial charge in [0.25, 0.3) is 11.4 Å². The van der Waals surface area contributed by atoms with Crippen LogP contribution in [0, 0.1) is 23.9 Å². The Morgan fingerprint density at radius 1 is 0.482 bits per heavy atom. The number of aromatic nitrogens is 16. The molecule has 0 fully saturated rings. The van der Waals surface area contributed by atoms with Crippen molar-refractivity contribution in [2.75, 3.05) is 39.3 Å². The maximum absolute atomic E-state index is 12.8. The van der Waals surface area contributed by atoms with Crippen LogP contribution in [-0.2, 0) is 17.1 Å². The van der Waals surface area contributed by atoms with Gasteiger partial charge in [0, 0.05) is 82.2 Å². The lowest BCUT2D eigenvalue weighted by Crippen LogP contribution is -2.29. The lowest BCUT2D eigenvalue weighted by molar-refractivity contribution is -0.385. The molecule has 34 nitrogen and oxygen atoms in total. The molecule has 0 unspecified atom stereocenters. The van der Waals surface area contributed by atoms with Crippen molar-refractivity contribution in [3.63, 3.8) is 0 Å². The predicted octanol–water partition coefficient (Wildman–Crippen LogP) is 13.7. The number of halogens is 7. The number of nitrogens with two attached hydrogens (primary N) is 5. The molecule has 0 saturated heterocycles. The molecule has 2 amide bonds. The Bertz CT molecular complexity index is 5800. The van der Waals surface area contributed by atoms with Crippen LogP contribution in [0.3, 0.4) is 0 Å². The first kappa shape index (κ1) is 84.3. The molecule has 14 aromatic rings. The molecule has 8 aromatic heterocycles. The third-order valence-corrected chi connectivity index (χ3v) is 16.9. The number of aliphatic imine (C=N–C) groups is 1. The number of nitrogens with one attached hydrogen (secondary N) is 2. The Morgan fingerprint density at radius 2 is 0.825 bits per heavy atom. The van der Waals surface area contributed by atoms with Gasteiger partial charge in [-0.3, -0.25) is 20.2 Å². The monoisotopic (exact) mass is 1680 g/mol. The fourth-order valence-corrected chi connectivity index (χ4v) is 11.5. The number of nitro benzene ring substituents is 2. The van der Waals surface area contributed by atoms with Crippen LogP contribution in [-0.4, -0.2) is 118 Å². The fraction of sp³-hybridized carbons (Fsp3) is 0.194. The highest BCUT2D eigenvalue weighted by atomic mass is 127. The van der Waals surface area contributed by atoms with E-state index in [-0.39, 0.29) is 52.4 Å². The zero-order valence-electron chi connectivity index (χ0n) is 61.4. The van der Waals surface area contributed by atoms with Crippen molar-refractivity contribution in [2.45, 2.75) is 91.9 Å². The Hall–Kier alpha value is -13.7. The molecule has 8 heterocycles. The highest BCUT2D eigenvalue weighted by Gasteiger charge is 2.32. The standard InChI is InChI=1S/C22H20F3N7O.C14H14N6O2.C14H16N6.C8H4F3NO.C8H10IN5.C6H6BNO4/c1-12(2)32-20-17(19(26)27-11-28-20)18(31-32)13-6-8-15(9-7-13)29-21(33)30-16-5-3-4-14(10-16)22(23,24)25;1-8(2)19-14-11(13(15)16-7-17-14)12(18-19)9-3-5-10(6-4-9)20(21)22;1-8(2)20-14-11(13(16)17-7-18-14)12(19-20)9-3-5-10(15)6-4-9;9-8(10,11)6-2-1-3-7(4-6)12-5-13;1-4(2)14-8-5(6(9)13-14)7(10)11-3-12-8;9-7(10)5-1-3-6(4-2-5)8(11)12/h3-12H,1-2H3,(H2,26,27,28)(H2,29,30,33);3-8H,1-2H3,(H2,15,16,17);3-8H,15H2,1-2H3,(H2,16,17,18);1-4H;3-4H,1-2H3,(H2,10,11,12);1-4,9-10H. The van der Waals surface area contributed by atoms with Crippen molar-refractivity contribution < 1.29 is 55.8 Å². The molecular weight excluding hydrogens is 1610 g/mol. The number of non-ortho nitro benzene ring substituents is 2. The van der Waals surface area contributed by atoms with E-state index in [0.717, 1.165) is 72.4 Å². The molecule has 0 atom stereocenters. The summed E-state index contributed by atoms with van der Waals surface area (Å²) in [6, 6.07) is 34.0. The fourth-order valence-electron chi connectivity index (χ4n) is 10.7. The number of isocyanates is 1. The van der Waals surface area contributed by atoms with E-state index in [2.05, 4.69) is 126 Å². The van der Waals surface area contributed by atoms with Crippen molar-refractivity contribution in [3.8, 4) is 33.8 Å². The normalized spacial score (nSPS) is 11.2. The number of nitro groups is 2. The molecule has 0 aliphatic carbocycles. The summed E-state index contributed by atoms with van der Waals surface area (Å²) in [5.41, 5.74) is 36.5. The van der Waals surface area contributed by atoms with Gasteiger partial charge in [-0.25, -0.2) is 68.2 Å². The highest BCUT2D eigenvalue weighted by molar-refractivity contribution is 14.1. The molecule has 114 heavy (non-hydrogen) atoms. The number of fused-ring (bicyclic) bond motifs is 4. The third-order valence-electron chi connectivity index (χ3n) is 16.1. The van der Waals surface area contributed by atoms with Crippen LogP contribution >= 0.6 is 22.6 Å². The zero-order chi connectivity index (χ0) is 83.2. The maximum Gasteiger partial charge on any atom is 0.488 e. The zero-order valence-corrected chi connectivity index (χ0v) is 63.6. The largest absolute Gasteiger partial charge is 0.488 e. The molecule has 14 rings (SSSR count). The minimum atomic E-state index is -4.49. The molecule has 588 valence electrons. The lowest BCUT2D eigenvalue weighted by atomic mass is 9.80. The van der Waals surface area contributed by atoms with Crippen molar-refractivity contribution in [2.24, 2.45) is 4.99 Å². The van der Waals surface area contributed by atoms with E-state index >= 15 is 0 Å². The van der Waals surface area contributed by atoms with Crippen LogP contribution < -0.4 is 44.8 Å². The first-order valence-electron chi connectivity index (χ1n) is 33.9. The average Bonchev–Trinajstić information content (AvgIpc) is 1.62. The third kappa shape index (κ3) is 20.4. The number of urea groups is 1. The smallest absolute Gasteiger partial charge is 0.423 e. The number of rotatable bonds is 13. The number of hydrogen-bond donors (Lipinski definition) is 9. The number of amides is 2. The number of anilines is 7. The molecule has 0 spiro atoms. The summed E-state index contributed by atoms with van der Waals surface area (Å²) < 4.78 is 82.8. The first-order valence-corrected chi connectivity index (χ1v) is 35.0. The summed E-state index contributed by atoms with van der Waals surface area (Å²) >= 11 is 2.15. The lowest BCUT2D eigenvalue weighted by Gasteiger charge is -2.11. The summed E-state index contributed by atoms with van der Waals surface area (Å²) in [6.07, 6.45) is -2.02. The van der Waals surface area contributed by atoms with E-state index in [1.165, 1.54) is 92.1 Å². The van der Waals surface area contributed by atoms with Crippen LogP contribution in [0.5, 0.6) is 0 Å². The molecule has 6 aromatic carbocycles. The van der Waals surface area contributed by atoms with E-state index in [1.54, 1.807) is 45.8 Å². The number of nitrogen functional groups attached to an aromatic ring is 5. The number of carbonyl (C=O) groups excluding carboxylic acids is 2. The van der Waals surface area contributed by atoms with E-state index in [0.29, 0.717) is 68.1 Å². The number of carbonyl (C=O) groups is 1. The Kier molecular flexibility index (Phi) is 26.9. The summed E-state index contributed by atoms with van der Waals surface area (Å²) in [4.78, 5) is 78.2. The van der Waals surface area contributed by atoms with Gasteiger partial charge < -0.3 is 49.3 Å². The van der Waals surface area contributed by atoms with E-state index in [9.17, 15) is 56.2 Å². The van der Waals surface area contributed by atoms with Gasteiger partial charge in [0.2, 0.25) is 6.08 Å². The second-order valence-electron chi connectivity index (χ2n) is 25.5. The minimum absolute atomic E-state index is 0.0279. The van der Waals surface area contributed by atoms with Gasteiger partial charge in [-0.15, -0.1) is 0 Å². The molecule has 0 radical (unpaired) electrons. The SMILES string of the molecule is CC(C)n1nc(-c2ccc(N)cc2)c2c(N)ncnc21.CC(C)n1nc(-c2ccc(NC(=O)Nc3cccc(C(F)(F)F)c3)cc2)c2c(N)ncnc21.CC(C)n1nc(-c2ccc([N+](=O)[O-])cc2)c2c(N)ncnc21.CC(C)n1nc(I)c2c(N)ncnc21.O=C=Nc1cccc(C(F)(F)F)c1.O=[N+]([O-])c1ccc(B(O)O)cc1. The van der Waals surface area contributed by atoms with Crippen LogP contribution in [0.1, 0.15) is 90.7 Å². The highest BCUT2D eigenvalue weighted by Crippen LogP contribution is 2.37. The summed E-state index contributed by atoms with van der Waals surface area (Å²) in [5.74, 6) is 1.58. The molecule has 0 bridgehead atoms. The molecule has 14 N–H and O–H groups in total. The summed E-state index contributed by atoms with van der Waals surface area (Å²) in [7, 11) is -1.58. The van der Waals surface area contributed by atoms with E-state index in [4.69, 9.17) is 38.7 Å². The Balaban J connectivity index is 0.000000163. The second-order valence-corrected chi connectivity index (χ2v) is 26.5. The van der Waals surface area contributed by atoms with Gasteiger partial charge in [-0.05, 0) is 156 Å². The van der Waals surface area contributed by atoms with E-state index < -0.39 is 46.5 Å². The summed E-state index contributed by atoms with van der Waals surface area (Å²) in [5, 5.41) is 64.3. The molecule has 0 aliphatic rings. The van der Waals surface area contributed by atoms with Crippen LogP contribution in [0.25, 0.3) is 77.9 Å². The van der Waals surface area contributed by atoms with Crippen molar-refractivity contribution in [3.05, 3.63) is 206 Å². The van der Waals surface area contributed by atoms with Gasteiger partial charge in [-0.2, -0.15) is 51.7 Å². The summed E-state index contributed by atoms with van der Waals surface area (Å²) in [6.45, 7) is 16.2. The maximum atomic E-state index is 12.8. The van der Waals surface area contributed by atoms with Gasteiger partial charge >= 0.3 is 25.5 Å². The molecule has 0 saturated carbocycles. The van der Waals surface area contributed by atoms with Gasteiger partial charge in [0.15, 0.2) is 22.6 Å². The Morgan fingerprint density at radius 3 is 1.20 bits per heavy atom. The minimum Gasteiger partial charge on any atom is -0.423 e. The quantitative estimate of drug-likeness (QED) is 0.00756. The van der Waals surface area contributed by atoms with Crippen molar-refractivity contribution in [1.82, 2.24) is 79.0 Å². The van der Waals surface area contributed by atoms with Crippen LogP contribution in [0.2, 0.25) is 0 Å².